The molecule has 2 heteroatoms. The first-order chi connectivity index (χ1) is 9.77. The van der Waals surface area contributed by atoms with Crippen LogP contribution in [-0.2, 0) is 0 Å². The summed E-state index contributed by atoms with van der Waals surface area (Å²) in [6.07, 6.45) is 19.7. The molecule has 0 spiro atoms. The highest BCUT2D eigenvalue weighted by molar-refractivity contribution is 4.94. The maximum atomic E-state index is 6.48. The first-order valence-electron chi connectivity index (χ1n) is 9.31. The monoisotopic (exact) mass is 278 g/mol. The van der Waals surface area contributed by atoms with Crippen molar-refractivity contribution in [3.05, 3.63) is 0 Å². The second kappa shape index (κ2) is 6.79. The fraction of sp³-hybridized carbons (Fsp3) is 1.00. The van der Waals surface area contributed by atoms with E-state index in [0.29, 0.717) is 0 Å². The SMILES string of the molecule is NC1(CCN(C2CCCCC2)C2CCCCC2)CCC1. The van der Waals surface area contributed by atoms with Crippen LogP contribution in [0.2, 0.25) is 0 Å². The third-order valence-corrected chi connectivity index (χ3v) is 6.30. The Bertz CT molecular complexity index is 268. The van der Waals surface area contributed by atoms with Crippen LogP contribution >= 0.6 is 0 Å². The lowest BCUT2D eigenvalue weighted by Gasteiger charge is -2.45. The Morgan fingerprint density at radius 2 is 1.25 bits per heavy atom. The average Bonchev–Trinajstić information content (AvgIpc) is 2.48. The normalized spacial score (nSPS) is 28.5. The summed E-state index contributed by atoms with van der Waals surface area (Å²) < 4.78 is 0. The number of hydrogen-bond donors (Lipinski definition) is 1. The molecule has 0 heterocycles. The van der Waals surface area contributed by atoms with Gasteiger partial charge in [-0.15, -0.1) is 0 Å². The van der Waals surface area contributed by atoms with E-state index in [9.17, 15) is 0 Å². The van der Waals surface area contributed by atoms with Crippen LogP contribution in [0.3, 0.4) is 0 Å². The van der Waals surface area contributed by atoms with E-state index in [4.69, 9.17) is 5.73 Å². The van der Waals surface area contributed by atoms with Crippen molar-refractivity contribution < 1.29 is 0 Å². The van der Waals surface area contributed by atoms with Gasteiger partial charge in [-0.1, -0.05) is 38.5 Å². The molecule has 3 aliphatic rings. The molecule has 0 atom stereocenters. The van der Waals surface area contributed by atoms with Crippen molar-refractivity contribution in [1.29, 1.82) is 0 Å². The zero-order valence-electron chi connectivity index (χ0n) is 13.3. The lowest BCUT2D eigenvalue weighted by atomic mass is 9.75. The van der Waals surface area contributed by atoms with Gasteiger partial charge in [-0.2, -0.15) is 0 Å². The molecule has 0 saturated heterocycles. The molecular weight excluding hydrogens is 244 g/mol. The Morgan fingerprint density at radius 3 is 1.65 bits per heavy atom. The molecule has 3 aliphatic carbocycles. The Hall–Kier alpha value is -0.0800. The lowest BCUT2D eigenvalue weighted by Crippen LogP contribution is -2.52. The van der Waals surface area contributed by atoms with Crippen LogP contribution < -0.4 is 5.73 Å². The summed E-state index contributed by atoms with van der Waals surface area (Å²) in [4.78, 5) is 2.92. The standard InChI is InChI=1S/C18H34N2/c19-18(12-7-13-18)14-15-20(16-8-3-1-4-9-16)17-10-5-2-6-11-17/h16-17H,1-15,19H2. The highest BCUT2D eigenvalue weighted by Gasteiger charge is 2.35. The van der Waals surface area contributed by atoms with E-state index in [1.165, 1.54) is 96.4 Å². The van der Waals surface area contributed by atoms with Gasteiger partial charge in [0.2, 0.25) is 0 Å². The molecule has 2 N–H and O–H groups in total. The van der Waals surface area contributed by atoms with Gasteiger partial charge in [-0.05, 0) is 51.4 Å². The van der Waals surface area contributed by atoms with Crippen molar-refractivity contribution >= 4 is 0 Å². The number of hydrogen-bond acceptors (Lipinski definition) is 2. The molecule has 0 aromatic heterocycles. The van der Waals surface area contributed by atoms with Crippen LogP contribution in [0.15, 0.2) is 0 Å². The molecule has 0 unspecified atom stereocenters. The van der Waals surface area contributed by atoms with Gasteiger partial charge >= 0.3 is 0 Å². The summed E-state index contributed by atoms with van der Waals surface area (Å²) in [6.45, 7) is 1.28. The van der Waals surface area contributed by atoms with E-state index in [2.05, 4.69) is 4.90 Å². The van der Waals surface area contributed by atoms with E-state index < -0.39 is 0 Å². The predicted octanol–water partition coefficient (Wildman–Crippen LogP) is 4.23. The van der Waals surface area contributed by atoms with Gasteiger partial charge in [-0.3, -0.25) is 4.90 Å². The van der Waals surface area contributed by atoms with Gasteiger partial charge < -0.3 is 5.73 Å². The van der Waals surface area contributed by atoms with Crippen LogP contribution in [0.1, 0.15) is 89.9 Å². The minimum atomic E-state index is 0.210. The van der Waals surface area contributed by atoms with Crippen molar-refractivity contribution in [3.8, 4) is 0 Å². The maximum absolute atomic E-state index is 6.48. The number of rotatable bonds is 5. The van der Waals surface area contributed by atoms with Crippen molar-refractivity contribution in [3.63, 3.8) is 0 Å². The van der Waals surface area contributed by atoms with Crippen LogP contribution in [0, 0.1) is 0 Å². The zero-order chi connectivity index (χ0) is 13.8. The molecule has 3 rings (SSSR count). The smallest absolute Gasteiger partial charge is 0.0166 e. The summed E-state index contributed by atoms with van der Waals surface area (Å²) in [5.41, 5.74) is 6.69. The quantitative estimate of drug-likeness (QED) is 0.815. The molecule has 3 fully saturated rings. The second-order valence-electron chi connectivity index (χ2n) is 7.79. The predicted molar refractivity (Wildman–Crippen MR) is 85.8 cm³/mol. The van der Waals surface area contributed by atoms with Crippen LogP contribution in [0.5, 0.6) is 0 Å². The molecule has 0 amide bonds. The molecule has 0 bridgehead atoms. The van der Waals surface area contributed by atoms with Crippen LogP contribution in [0.25, 0.3) is 0 Å². The molecule has 0 radical (unpaired) electrons. The largest absolute Gasteiger partial charge is 0.325 e. The van der Waals surface area contributed by atoms with E-state index in [1.54, 1.807) is 0 Å². The minimum Gasteiger partial charge on any atom is -0.325 e. The van der Waals surface area contributed by atoms with Gasteiger partial charge in [0.05, 0.1) is 0 Å². The third-order valence-electron chi connectivity index (χ3n) is 6.30. The van der Waals surface area contributed by atoms with Gasteiger partial charge in [-0.25, -0.2) is 0 Å². The summed E-state index contributed by atoms with van der Waals surface area (Å²) in [6, 6.07) is 1.77. The van der Waals surface area contributed by atoms with E-state index in [0.717, 1.165) is 12.1 Å². The maximum Gasteiger partial charge on any atom is 0.0166 e. The second-order valence-corrected chi connectivity index (χ2v) is 7.79. The van der Waals surface area contributed by atoms with Gasteiger partial charge in [0, 0.05) is 24.2 Å². The van der Waals surface area contributed by atoms with Gasteiger partial charge in [0.15, 0.2) is 0 Å². The highest BCUT2D eigenvalue weighted by atomic mass is 15.2. The van der Waals surface area contributed by atoms with Crippen molar-refractivity contribution in [2.45, 2.75) is 108 Å². The Balaban J connectivity index is 1.58. The first kappa shape index (κ1) is 14.8. The van der Waals surface area contributed by atoms with Crippen LogP contribution in [0.4, 0.5) is 0 Å². The van der Waals surface area contributed by atoms with E-state index in [1.807, 2.05) is 0 Å². The van der Waals surface area contributed by atoms with E-state index >= 15 is 0 Å². The zero-order valence-corrected chi connectivity index (χ0v) is 13.3. The molecule has 0 aromatic rings. The number of nitrogens with zero attached hydrogens (tertiary/aromatic N) is 1. The molecule has 116 valence electrons. The molecule has 20 heavy (non-hydrogen) atoms. The average molecular weight is 278 g/mol. The summed E-state index contributed by atoms with van der Waals surface area (Å²) >= 11 is 0. The fourth-order valence-electron chi connectivity index (χ4n) is 4.72. The Labute approximate surface area is 125 Å². The van der Waals surface area contributed by atoms with Gasteiger partial charge in [0.25, 0.3) is 0 Å². The third kappa shape index (κ3) is 3.57. The highest BCUT2D eigenvalue weighted by Crippen LogP contribution is 2.35. The summed E-state index contributed by atoms with van der Waals surface area (Å²) in [5.74, 6) is 0. The Morgan fingerprint density at radius 1 is 0.750 bits per heavy atom. The summed E-state index contributed by atoms with van der Waals surface area (Å²) in [7, 11) is 0. The summed E-state index contributed by atoms with van der Waals surface area (Å²) in [5, 5.41) is 0. The topological polar surface area (TPSA) is 29.3 Å². The Kier molecular flexibility index (Phi) is 5.04. The van der Waals surface area contributed by atoms with E-state index in [-0.39, 0.29) is 5.54 Å². The van der Waals surface area contributed by atoms with Gasteiger partial charge in [0.1, 0.15) is 0 Å². The fourth-order valence-corrected chi connectivity index (χ4v) is 4.72. The first-order valence-corrected chi connectivity index (χ1v) is 9.31. The molecular formula is C18H34N2. The molecule has 0 aliphatic heterocycles. The molecule has 2 nitrogen and oxygen atoms in total. The van der Waals surface area contributed by atoms with Crippen LogP contribution in [-0.4, -0.2) is 29.1 Å². The number of nitrogens with two attached hydrogens (primary N) is 1. The minimum absolute atomic E-state index is 0.210. The molecule has 3 saturated carbocycles. The van der Waals surface area contributed by atoms with Crippen molar-refractivity contribution in [1.82, 2.24) is 4.90 Å². The lowest BCUT2D eigenvalue weighted by molar-refractivity contribution is 0.0641. The van der Waals surface area contributed by atoms with Crippen molar-refractivity contribution in [2.24, 2.45) is 5.73 Å². The van der Waals surface area contributed by atoms with Crippen molar-refractivity contribution in [2.75, 3.05) is 6.54 Å². The molecule has 0 aromatic carbocycles.